The third kappa shape index (κ3) is 6.15. The Morgan fingerprint density at radius 3 is 2.40 bits per heavy atom. The summed E-state index contributed by atoms with van der Waals surface area (Å²) < 4.78 is 0. The lowest BCUT2D eigenvalue weighted by atomic mass is 9.95. The monoisotopic (exact) mass is 281 g/mol. The molecule has 0 aromatic heterocycles. The fourth-order valence-electron chi connectivity index (χ4n) is 2.74. The summed E-state index contributed by atoms with van der Waals surface area (Å²) in [5, 5.41) is 6.99. The van der Waals surface area contributed by atoms with Crippen LogP contribution in [0.4, 0.5) is 0 Å². The van der Waals surface area contributed by atoms with Gasteiger partial charge in [-0.15, -0.1) is 0 Å². The standard InChI is InChI=1S/C17H35N3/c1-7-8-9-10-11-20-16(12-15(2)3)19(14-18-20)13-17(4,5)6/h14-16H,7-13H2,1-6H3. The number of hydrogen-bond donors (Lipinski definition) is 0. The van der Waals surface area contributed by atoms with Gasteiger partial charge in [0.25, 0.3) is 0 Å². The second-order valence-corrected chi connectivity index (χ2v) is 7.80. The van der Waals surface area contributed by atoms with Gasteiger partial charge in [-0.2, -0.15) is 5.10 Å². The molecule has 0 amide bonds. The van der Waals surface area contributed by atoms with Gasteiger partial charge in [0.15, 0.2) is 0 Å². The van der Waals surface area contributed by atoms with E-state index < -0.39 is 0 Å². The molecule has 1 aliphatic rings. The van der Waals surface area contributed by atoms with Gasteiger partial charge in [0, 0.05) is 13.1 Å². The summed E-state index contributed by atoms with van der Waals surface area (Å²) in [5.41, 5.74) is 0.319. The molecule has 0 spiro atoms. The van der Waals surface area contributed by atoms with Crippen LogP contribution in [0, 0.1) is 11.3 Å². The Morgan fingerprint density at radius 1 is 1.15 bits per heavy atom. The molecule has 20 heavy (non-hydrogen) atoms. The van der Waals surface area contributed by atoms with Crippen LogP contribution in [0.1, 0.15) is 73.6 Å². The first-order valence-corrected chi connectivity index (χ1v) is 8.40. The average molecular weight is 281 g/mol. The Hall–Kier alpha value is -0.730. The number of hydrogen-bond acceptors (Lipinski definition) is 3. The number of nitrogens with zero attached hydrogens (tertiary/aromatic N) is 3. The maximum Gasteiger partial charge on any atom is 0.119 e. The Kier molecular flexibility index (Phi) is 6.84. The average Bonchev–Trinajstić information content (AvgIpc) is 2.65. The van der Waals surface area contributed by atoms with Crippen LogP contribution in [0.15, 0.2) is 5.10 Å². The van der Waals surface area contributed by atoms with Crippen molar-refractivity contribution in [2.75, 3.05) is 13.1 Å². The largest absolute Gasteiger partial charge is 0.339 e. The molecule has 3 heteroatoms. The van der Waals surface area contributed by atoms with E-state index in [0.29, 0.717) is 17.5 Å². The predicted molar refractivity (Wildman–Crippen MR) is 88.7 cm³/mol. The number of rotatable bonds is 8. The third-order valence-corrected chi connectivity index (χ3v) is 3.66. The van der Waals surface area contributed by atoms with Crippen LogP contribution in [0.3, 0.4) is 0 Å². The normalized spacial score (nSPS) is 19.4. The Bertz CT molecular complexity index is 291. The maximum absolute atomic E-state index is 4.67. The molecule has 0 aromatic rings. The van der Waals surface area contributed by atoms with Gasteiger partial charge in [-0.1, -0.05) is 60.8 Å². The summed E-state index contributed by atoms with van der Waals surface area (Å²) in [6.07, 6.45) is 8.98. The highest BCUT2D eigenvalue weighted by molar-refractivity contribution is 5.57. The molecule has 0 fully saturated rings. The second-order valence-electron chi connectivity index (χ2n) is 7.80. The fraction of sp³-hybridized carbons (Fsp3) is 0.941. The van der Waals surface area contributed by atoms with Crippen LogP contribution in [0.5, 0.6) is 0 Å². The van der Waals surface area contributed by atoms with Gasteiger partial charge in [-0.3, -0.25) is 5.01 Å². The molecule has 0 saturated heterocycles. The molecular formula is C17H35N3. The van der Waals surface area contributed by atoms with E-state index >= 15 is 0 Å². The summed E-state index contributed by atoms with van der Waals surface area (Å²) in [6, 6.07) is 0. The molecular weight excluding hydrogens is 246 g/mol. The minimum atomic E-state index is 0.319. The minimum Gasteiger partial charge on any atom is -0.339 e. The first kappa shape index (κ1) is 17.3. The topological polar surface area (TPSA) is 18.8 Å². The van der Waals surface area contributed by atoms with Gasteiger partial charge in [0.2, 0.25) is 0 Å². The van der Waals surface area contributed by atoms with Crippen LogP contribution in [-0.2, 0) is 0 Å². The first-order valence-electron chi connectivity index (χ1n) is 8.40. The highest BCUT2D eigenvalue weighted by atomic mass is 15.6. The molecule has 1 rings (SSSR count). The lowest BCUT2D eigenvalue weighted by Gasteiger charge is -2.35. The highest BCUT2D eigenvalue weighted by Crippen LogP contribution is 2.25. The van der Waals surface area contributed by atoms with E-state index in [0.717, 1.165) is 13.1 Å². The zero-order valence-corrected chi connectivity index (χ0v) is 14.5. The van der Waals surface area contributed by atoms with Crippen molar-refractivity contribution in [1.29, 1.82) is 0 Å². The van der Waals surface area contributed by atoms with Crippen LogP contribution < -0.4 is 0 Å². The van der Waals surface area contributed by atoms with E-state index in [4.69, 9.17) is 0 Å². The SMILES string of the molecule is CCCCCCN1N=CN(CC(C)(C)C)C1CC(C)C. The maximum atomic E-state index is 4.67. The van der Waals surface area contributed by atoms with E-state index in [1.54, 1.807) is 0 Å². The van der Waals surface area contributed by atoms with Crippen molar-refractivity contribution in [2.24, 2.45) is 16.4 Å². The van der Waals surface area contributed by atoms with Crippen molar-refractivity contribution in [3.8, 4) is 0 Å². The van der Waals surface area contributed by atoms with Crippen molar-refractivity contribution < 1.29 is 0 Å². The molecule has 0 N–H and O–H groups in total. The van der Waals surface area contributed by atoms with E-state index in [-0.39, 0.29) is 0 Å². The van der Waals surface area contributed by atoms with Crippen molar-refractivity contribution in [3.05, 3.63) is 0 Å². The number of hydrazone groups is 1. The second kappa shape index (κ2) is 7.90. The summed E-state index contributed by atoms with van der Waals surface area (Å²) in [6.45, 7) is 16.0. The van der Waals surface area contributed by atoms with E-state index in [1.165, 1.54) is 32.1 Å². The van der Waals surface area contributed by atoms with Gasteiger partial charge < -0.3 is 4.90 Å². The van der Waals surface area contributed by atoms with Crippen molar-refractivity contribution >= 4 is 6.34 Å². The van der Waals surface area contributed by atoms with Gasteiger partial charge in [0.1, 0.15) is 12.5 Å². The van der Waals surface area contributed by atoms with Gasteiger partial charge in [-0.05, 0) is 24.2 Å². The van der Waals surface area contributed by atoms with Crippen LogP contribution in [-0.4, -0.2) is 35.5 Å². The van der Waals surface area contributed by atoms with Gasteiger partial charge >= 0.3 is 0 Å². The van der Waals surface area contributed by atoms with E-state index in [2.05, 4.69) is 62.9 Å². The highest BCUT2D eigenvalue weighted by Gasteiger charge is 2.30. The lowest BCUT2D eigenvalue weighted by molar-refractivity contribution is 0.0879. The molecule has 0 radical (unpaired) electrons. The summed E-state index contributed by atoms with van der Waals surface area (Å²) in [7, 11) is 0. The molecule has 1 heterocycles. The fourth-order valence-corrected chi connectivity index (χ4v) is 2.74. The van der Waals surface area contributed by atoms with Crippen LogP contribution in [0.2, 0.25) is 0 Å². The Morgan fingerprint density at radius 2 is 1.85 bits per heavy atom. The van der Waals surface area contributed by atoms with Crippen LogP contribution >= 0.6 is 0 Å². The van der Waals surface area contributed by atoms with E-state index in [1.807, 2.05) is 0 Å². The molecule has 0 bridgehead atoms. The molecule has 1 atom stereocenters. The molecule has 118 valence electrons. The zero-order valence-electron chi connectivity index (χ0n) is 14.5. The Balaban J connectivity index is 2.54. The molecule has 0 aromatic carbocycles. The molecule has 3 nitrogen and oxygen atoms in total. The summed E-state index contributed by atoms with van der Waals surface area (Å²) in [4.78, 5) is 2.44. The third-order valence-electron chi connectivity index (χ3n) is 3.66. The Labute approximate surface area is 126 Å². The molecule has 1 unspecified atom stereocenters. The lowest BCUT2D eigenvalue weighted by Crippen LogP contribution is -2.44. The minimum absolute atomic E-state index is 0.319. The molecule has 1 aliphatic heterocycles. The predicted octanol–water partition coefficient (Wildman–Crippen LogP) is 4.55. The van der Waals surface area contributed by atoms with Crippen LogP contribution in [0.25, 0.3) is 0 Å². The zero-order chi connectivity index (χ0) is 15.2. The van der Waals surface area contributed by atoms with Crippen molar-refractivity contribution in [2.45, 2.75) is 79.8 Å². The van der Waals surface area contributed by atoms with Crippen molar-refractivity contribution in [3.63, 3.8) is 0 Å². The quantitative estimate of drug-likeness (QED) is 0.608. The smallest absolute Gasteiger partial charge is 0.119 e. The number of unbranched alkanes of at least 4 members (excludes halogenated alkanes) is 3. The van der Waals surface area contributed by atoms with E-state index in [9.17, 15) is 0 Å². The van der Waals surface area contributed by atoms with Gasteiger partial charge in [0.05, 0.1) is 0 Å². The first-order chi connectivity index (χ1) is 9.33. The molecule has 0 aliphatic carbocycles. The molecule has 0 saturated carbocycles. The van der Waals surface area contributed by atoms with Crippen molar-refractivity contribution in [1.82, 2.24) is 9.91 Å². The summed E-state index contributed by atoms with van der Waals surface area (Å²) in [5.74, 6) is 0.710. The summed E-state index contributed by atoms with van der Waals surface area (Å²) >= 11 is 0. The van der Waals surface area contributed by atoms with Gasteiger partial charge in [-0.25, -0.2) is 0 Å².